The van der Waals surface area contributed by atoms with Gasteiger partial charge in [0.1, 0.15) is 17.3 Å². The molecule has 3 rings (SSSR count). The number of anilines is 1. The van der Waals surface area contributed by atoms with Crippen LogP contribution in [-0.4, -0.2) is 44.8 Å². The van der Waals surface area contributed by atoms with Crippen LogP contribution < -0.4 is 10.2 Å². The van der Waals surface area contributed by atoms with Crippen molar-refractivity contribution in [1.82, 2.24) is 25.1 Å². The van der Waals surface area contributed by atoms with E-state index in [4.69, 9.17) is 4.98 Å². The van der Waals surface area contributed by atoms with Crippen LogP contribution in [0, 0.1) is 0 Å². The van der Waals surface area contributed by atoms with Crippen molar-refractivity contribution in [1.29, 1.82) is 0 Å². The topological polar surface area (TPSA) is 75.9 Å². The molecule has 0 aromatic carbocycles. The second-order valence-electron chi connectivity index (χ2n) is 7.60. The third-order valence-electron chi connectivity index (χ3n) is 4.41. The van der Waals surface area contributed by atoms with E-state index in [2.05, 4.69) is 41.1 Å². The van der Waals surface area contributed by atoms with Gasteiger partial charge < -0.3 is 10.2 Å². The Labute approximate surface area is 148 Å². The van der Waals surface area contributed by atoms with E-state index in [1.165, 1.54) is 0 Å². The van der Waals surface area contributed by atoms with Gasteiger partial charge in [0, 0.05) is 44.0 Å². The van der Waals surface area contributed by atoms with Crippen LogP contribution in [0.5, 0.6) is 0 Å². The Morgan fingerprint density at radius 2 is 1.96 bits per heavy atom. The molecule has 1 saturated heterocycles. The number of aromatic nitrogens is 4. The van der Waals surface area contributed by atoms with Gasteiger partial charge in [-0.3, -0.25) is 9.48 Å². The second kappa shape index (κ2) is 6.82. The van der Waals surface area contributed by atoms with Crippen molar-refractivity contribution < 1.29 is 4.79 Å². The van der Waals surface area contributed by atoms with Gasteiger partial charge in [-0.05, 0) is 25.0 Å². The highest BCUT2D eigenvalue weighted by Gasteiger charge is 2.24. The minimum Gasteiger partial charge on any atom is -0.356 e. The maximum Gasteiger partial charge on any atom is 0.271 e. The molecule has 2 aromatic heterocycles. The van der Waals surface area contributed by atoms with Crippen LogP contribution in [0.4, 0.5) is 5.82 Å². The van der Waals surface area contributed by atoms with Gasteiger partial charge in [0.05, 0.1) is 0 Å². The number of rotatable bonds is 3. The fraction of sp³-hybridized carbons (Fsp3) is 0.556. The predicted octanol–water partition coefficient (Wildman–Crippen LogP) is 1.91. The Kier molecular flexibility index (Phi) is 4.74. The summed E-state index contributed by atoms with van der Waals surface area (Å²) in [7, 11) is 1.81. The fourth-order valence-electron chi connectivity index (χ4n) is 2.94. The lowest BCUT2D eigenvalue weighted by Gasteiger charge is -2.33. The monoisotopic (exact) mass is 342 g/mol. The summed E-state index contributed by atoms with van der Waals surface area (Å²) in [6.45, 7) is 8.09. The molecule has 2 aromatic rings. The Morgan fingerprint density at radius 3 is 2.56 bits per heavy atom. The van der Waals surface area contributed by atoms with Gasteiger partial charge in [-0.25, -0.2) is 9.97 Å². The largest absolute Gasteiger partial charge is 0.356 e. The van der Waals surface area contributed by atoms with Crippen molar-refractivity contribution in [3.8, 4) is 0 Å². The zero-order valence-electron chi connectivity index (χ0n) is 15.4. The summed E-state index contributed by atoms with van der Waals surface area (Å²) in [5.41, 5.74) is 0.404. The third-order valence-corrected chi connectivity index (χ3v) is 4.41. The van der Waals surface area contributed by atoms with E-state index >= 15 is 0 Å². The average Bonchev–Trinajstić information content (AvgIpc) is 3.01. The Morgan fingerprint density at radius 1 is 1.24 bits per heavy atom. The Hall–Kier alpha value is -2.44. The molecular weight excluding hydrogens is 316 g/mol. The molecule has 3 heterocycles. The van der Waals surface area contributed by atoms with E-state index in [-0.39, 0.29) is 17.4 Å². The zero-order valence-corrected chi connectivity index (χ0v) is 15.4. The van der Waals surface area contributed by atoms with Gasteiger partial charge in [-0.1, -0.05) is 20.8 Å². The molecule has 1 aliphatic heterocycles. The minimum atomic E-state index is -0.101. The summed E-state index contributed by atoms with van der Waals surface area (Å²) in [6, 6.07) is 3.87. The molecule has 0 aliphatic carbocycles. The lowest BCUT2D eigenvalue weighted by molar-refractivity contribution is 0.0925. The van der Waals surface area contributed by atoms with E-state index in [1.54, 1.807) is 16.9 Å². The van der Waals surface area contributed by atoms with Gasteiger partial charge in [0.2, 0.25) is 0 Å². The lowest BCUT2D eigenvalue weighted by Crippen LogP contribution is -2.45. The van der Waals surface area contributed by atoms with Crippen LogP contribution >= 0.6 is 0 Å². The molecule has 134 valence electrons. The predicted molar refractivity (Wildman–Crippen MR) is 96.6 cm³/mol. The molecule has 0 saturated carbocycles. The number of hydrogen-bond acceptors (Lipinski definition) is 5. The van der Waals surface area contributed by atoms with Crippen molar-refractivity contribution in [3.63, 3.8) is 0 Å². The molecule has 7 nitrogen and oxygen atoms in total. The van der Waals surface area contributed by atoms with E-state index in [0.29, 0.717) is 5.69 Å². The van der Waals surface area contributed by atoms with Crippen molar-refractivity contribution in [2.75, 3.05) is 18.0 Å². The lowest BCUT2D eigenvalue weighted by atomic mass is 9.96. The van der Waals surface area contributed by atoms with Crippen LogP contribution in [0.15, 0.2) is 24.5 Å². The summed E-state index contributed by atoms with van der Waals surface area (Å²) in [5.74, 6) is 1.72. The Balaban J connectivity index is 1.58. The van der Waals surface area contributed by atoms with Crippen molar-refractivity contribution in [2.24, 2.45) is 7.05 Å². The van der Waals surface area contributed by atoms with Crippen molar-refractivity contribution in [2.45, 2.75) is 45.1 Å². The average molecular weight is 342 g/mol. The standard InChI is InChI=1S/C18H26N6O/c1-18(2,3)17-19-9-5-15(21-17)24-11-6-13(7-12-24)20-16(25)14-8-10-23(4)22-14/h5,8-10,13H,6-7,11-12H2,1-4H3,(H,20,25). The van der Waals surface area contributed by atoms with Crippen LogP contribution in [0.3, 0.4) is 0 Å². The van der Waals surface area contributed by atoms with Gasteiger partial charge in [-0.2, -0.15) is 5.10 Å². The molecular formula is C18H26N6O. The number of carbonyl (C=O) groups is 1. The second-order valence-corrected chi connectivity index (χ2v) is 7.60. The van der Waals surface area contributed by atoms with Crippen LogP contribution in [0.2, 0.25) is 0 Å². The van der Waals surface area contributed by atoms with Gasteiger partial charge >= 0.3 is 0 Å². The van der Waals surface area contributed by atoms with E-state index in [0.717, 1.165) is 37.6 Å². The van der Waals surface area contributed by atoms with Crippen LogP contribution in [-0.2, 0) is 12.5 Å². The maximum atomic E-state index is 12.2. The van der Waals surface area contributed by atoms with E-state index in [9.17, 15) is 4.79 Å². The molecule has 0 bridgehead atoms. The number of nitrogens with zero attached hydrogens (tertiary/aromatic N) is 5. The molecule has 0 atom stereocenters. The molecule has 25 heavy (non-hydrogen) atoms. The molecule has 1 aliphatic rings. The molecule has 0 radical (unpaired) electrons. The number of piperidine rings is 1. The number of amides is 1. The molecule has 1 fully saturated rings. The summed E-state index contributed by atoms with van der Waals surface area (Å²) in [4.78, 5) is 23.6. The number of aryl methyl sites for hydroxylation is 1. The maximum absolute atomic E-state index is 12.2. The van der Waals surface area contributed by atoms with E-state index < -0.39 is 0 Å². The van der Waals surface area contributed by atoms with Gasteiger partial charge in [0.25, 0.3) is 5.91 Å². The SMILES string of the molecule is Cn1ccc(C(=O)NC2CCN(c3ccnc(C(C)(C)C)n3)CC2)n1. The zero-order chi connectivity index (χ0) is 18.0. The minimum absolute atomic E-state index is 0.0645. The normalized spacial score (nSPS) is 16.1. The van der Waals surface area contributed by atoms with Gasteiger partial charge in [-0.15, -0.1) is 0 Å². The third kappa shape index (κ3) is 4.15. The van der Waals surface area contributed by atoms with Crippen molar-refractivity contribution in [3.05, 3.63) is 36.0 Å². The highest BCUT2D eigenvalue weighted by Crippen LogP contribution is 2.22. The molecule has 1 N–H and O–H groups in total. The summed E-state index contributed by atoms with van der Waals surface area (Å²) in [6.07, 6.45) is 5.40. The summed E-state index contributed by atoms with van der Waals surface area (Å²) < 4.78 is 1.64. The first kappa shape index (κ1) is 17.4. The Bertz CT molecular complexity index is 740. The van der Waals surface area contributed by atoms with Crippen LogP contribution in [0.25, 0.3) is 0 Å². The molecule has 1 amide bonds. The number of nitrogens with one attached hydrogen (secondary N) is 1. The first-order chi connectivity index (χ1) is 11.8. The number of carbonyl (C=O) groups excluding carboxylic acids is 1. The number of hydrogen-bond donors (Lipinski definition) is 1. The highest BCUT2D eigenvalue weighted by molar-refractivity contribution is 5.92. The van der Waals surface area contributed by atoms with E-state index in [1.807, 2.05) is 19.3 Å². The highest BCUT2D eigenvalue weighted by atomic mass is 16.2. The quantitative estimate of drug-likeness (QED) is 0.922. The first-order valence-corrected chi connectivity index (χ1v) is 8.72. The summed E-state index contributed by atoms with van der Waals surface area (Å²) >= 11 is 0. The van der Waals surface area contributed by atoms with Crippen LogP contribution in [0.1, 0.15) is 49.9 Å². The smallest absolute Gasteiger partial charge is 0.271 e. The summed E-state index contributed by atoms with van der Waals surface area (Å²) in [5, 5.41) is 7.23. The van der Waals surface area contributed by atoms with Gasteiger partial charge in [0.15, 0.2) is 0 Å². The molecule has 0 spiro atoms. The molecule has 0 unspecified atom stereocenters. The van der Waals surface area contributed by atoms with Crippen molar-refractivity contribution >= 4 is 11.7 Å². The first-order valence-electron chi connectivity index (χ1n) is 8.72. The fourth-order valence-corrected chi connectivity index (χ4v) is 2.94. The molecule has 7 heteroatoms.